The van der Waals surface area contributed by atoms with Gasteiger partial charge in [-0.25, -0.2) is 0 Å². The summed E-state index contributed by atoms with van der Waals surface area (Å²) < 4.78 is 19.0. The second kappa shape index (κ2) is 5.31. The summed E-state index contributed by atoms with van der Waals surface area (Å²) >= 11 is -3.11. The van der Waals surface area contributed by atoms with E-state index in [2.05, 4.69) is 18.7 Å². The van der Waals surface area contributed by atoms with E-state index < -0.39 is 19.6 Å². The van der Waals surface area contributed by atoms with Crippen LogP contribution < -0.4 is 0 Å². The first-order valence-corrected chi connectivity index (χ1v) is 11.4. The molecule has 2 bridgehead atoms. The van der Waals surface area contributed by atoms with Gasteiger partial charge in [-0.1, -0.05) is 0 Å². The van der Waals surface area contributed by atoms with Gasteiger partial charge in [-0.2, -0.15) is 0 Å². The Morgan fingerprint density at radius 2 is 1.47 bits per heavy atom. The maximum absolute atomic E-state index is 5.98. The van der Waals surface area contributed by atoms with Gasteiger partial charge in [0.1, 0.15) is 0 Å². The monoisotopic (exact) mass is 323 g/mol. The van der Waals surface area contributed by atoms with Crippen LogP contribution in [0.15, 0.2) is 0 Å². The quantitative estimate of drug-likeness (QED) is 0.709. The number of fused-ring (bicyclic) bond motifs is 6. The fraction of sp³-hybridized carbons (Fsp3) is 1.00. The molecule has 0 saturated carbocycles. The summed E-state index contributed by atoms with van der Waals surface area (Å²) in [5.74, 6) is 0.607. The SMILES string of the molecule is CC(C)[CH2][Sn]12[O]CCN(CC[O]1)CC[O]2. The van der Waals surface area contributed by atoms with E-state index in [1.165, 1.54) is 0 Å². The van der Waals surface area contributed by atoms with E-state index in [0.717, 1.165) is 43.9 Å². The Hall–Kier alpha value is 0.639. The third-order valence-electron chi connectivity index (χ3n) is 2.85. The average molecular weight is 322 g/mol. The summed E-state index contributed by atoms with van der Waals surface area (Å²) in [5, 5.41) is 0. The summed E-state index contributed by atoms with van der Waals surface area (Å²) in [6.07, 6.45) is 0. The molecule has 0 spiro atoms. The molecule has 0 aromatic heterocycles. The minimum atomic E-state index is -3.11. The van der Waals surface area contributed by atoms with Crippen molar-refractivity contribution >= 4 is 19.6 Å². The molecule has 0 aromatic carbocycles. The number of hydrogen-bond acceptors (Lipinski definition) is 4. The molecule has 0 aliphatic carbocycles. The van der Waals surface area contributed by atoms with Crippen molar-refractivity contribution in [2.24, 2.45) is 5.92 Å². The van der Waals surface area contributed by atoms with Crippen LogP contribution in [-0.2, 0) is 9.22 Å². The summed E-state index contributed by atoms with van der Waals surface area (Å²) in [6.45, 7) is 9.95. The van der Waals surface area contributed by atoms with Gasteiger partial charge >= 0.3 is 97.4 Å². The van der Waals surface area contributed by atoms with Crippen molar-refractivity contribution in [2.45, 2.75) is 18.3 Å². The molecule has 0 unspecified atom stereocenters. The predicted octanol–water partition coefficient (Wildman–Crippen LogP) is 0.960. The van der Waals surface area contributed by atoms with Crippen molar-refractivity contribution in [1.29, 1.82) is 0 Å². The molecule has 3 rings (SSSR count). The second-order valence-corrected chi connectivity index (χ2v) is 12.2. The van der Waals surface area contributed by atoms with E-state index in [0.29, 0.717) is 5.92 Å². The maximum atomic E-state index is 5.98. The van der Waals surface area contributed by atoms with Gasteiger partial charge in [0.25, 0.3) is 0 Å². The molecule has 88 valence electrons. The molecule has 3 aliphatic heterocycles. The fourth-order valence-corrected chi connectivity index (χ4v) is 10.1. The van der Waals surface area contributed by atoms with Gasteiger partial charge in [-0.3, -0.25) is 0 Å². The van der Waals surface area contributed by atoms with Crippen LogP contribution in [0.25, 0.3) is 0 Å². The first-order valence-electron chi connectivity index (χ1n) is 5.84. The Morgan fingerprint density at radius 1 is 1.00 bits per heavy atom. The van der Waals surface area contributed by atoms with Gasteiger partial charge < -0.3 is 0 Å². The van der Waals surface area contributed by atoms with Gasteiger partial charge in [0.2, 0.25) is 0 Å². The topological polar surface area (TPSA) is 30.9 Å². The first-order chi connectivity index (χ1) is 7.20. The van der Waals surface area contributed by atoms with Gasteiger partial charge in [-0.15, -0.1) is 0 Å². The van der Waals surface area contributed by atoms with Crippen LogP contribution in [0.2, 0.25) is 4.44 Å². The third-order valence-corrected chi connectivity index (χ3v) is 12.1. The summed E-state index contributed by atoms with van der Waals surface area (Å²) in [6, 6.07) is 0. The van der Waals surface area contributed by atoms with Crippen LogP contribution in [0.1, 0.15) is 13.8 Å². The molecule has 3 saturated heterocycles. The molecule has 5 heteroatoms. The van der Waals surface area contributed by atoms with E-state index in [1.807, 2.05) is 0 Å². The van der Waals surface area contributed by atoms with Gasteiger partial charge in [0, 0.05) is 0 Å². The van der Waals surface area contributed by atoms with Crippen LogP contribution in [0.5, 0.6) is 0 Å². The van der Waals surface area contributed by atoms with Crippen LogP contribution in [0.3, 0.4) is 0 Å². The second-order valence-electron chi connectivity index (χ2n) is 4.67. The molecule has 3 aliphatic rings. The zero-order valence-corrected chi connectivity index (χ0v) is 12.6. The van der Waals surface area contributed by atoms with Crippen molar-refractivity contribution < 1.29 is 9.22 Å². The summed E-state index contributed by atoms with van der Waals surface area (Å²) in [5.41, 5.74) is 0. The number of rotatable bonds is 2. The molecule has 4 nitrogen and oxygen atoms in total. The Kier molecular flexibility index (Phi) is 4.29. The van der Waals surface area contributed by atoms with E-state index in [9.17, 15) is 0 Å². The van der Waals surface area contributed by atoms with Crippen molar-refractivity contribution in [3.8, 4) is 0 Å². The van der Waals surface area contributed by atoms with Crippen LogP contribution in [-0.4, -0.2) is 64.0 Å². The van der Waals surface area contributed by atoms with Gasteiger partial charge in [0.15, 0.2) is 0 Å². The van der Waals surface area contributed by atoms with Crippen LogP contribution in [0.4, 0.5) is 0 Å². The molecule has 3 fully saturated rings. The number of nitrogens with zero attached hydrogens (tertiary/aromatic N) is 1. The molecule has 15 heavy (non-hydrogen) atoms. The predicted molar refractivity (Wildman–Crippen MR) is 59.7 cm³/mol. The normalized spacial score (nSPS) is 37.4. The molecule has 0 aromatic rings. The van der Waals surface area contributed by atoms with E-state index in [-0.39, 0.29) is 0 Å². The molecule has 0 N–H and O–H groups in total. The van der Waals surface area contributed by atoms with E-state index in [4.69, 9.17) is 9.22 Å². The van der Waals surface area contributed by atoms with Gasteiger partial charge in [0.05, 0.1) is 0 Å². The first kappa shape index (κ1) is 12.1. The number of hydrogen-bond donors (Lipinski definition) is 0. The molecular formula is C10H21NO3Sn. The van der Waals surface area contributed by atoms with Crippen LogP contribution in [0, 0.1) is 5.92 Å². The summed E-state index contributed by atoms with van der Waals surface area (Å²) in [7, 11) is 0. The molecule has 3 heterocycles. The Balaban J connectivity index is 2.05. The molecule has 0 amide bonds. The van der Waals surface area contributed by atoms with Crippen molar-refractivity contribution in [2.75, 3.05) is 39.5 Å². The Bertz CT molecular complexity index is 186. The Labute approximate surface area is 97.4 Å². The third kappa shape index (κ3) is 3.30. The van der Waals surface area contributed by atoms with Crippen molar-refractivity contribution in [3.63, 3.8) is 0 Å². The van der Waals surface area contributed by atoms with E-state index >= 15 is 0 Å². The van der Waals surface area contributed by atoms with Crippen molar-refractivity contribution in [3.05, 3.63) is 0 Å². The zero-order valence-electron chi connectivity index (χ0n) is 9.70. The van der Waals surface area contributed by atoms with E-state index in [1.54, 1.807) is 0 Å². The molecule has 0 atom stereocenters. The zero-order chi connectivity index (χ0) is 10.7. The van der Waals surface area contributed by atoms with Gasteiger partial charge in [-0.05, 0) is 0 Å². The molecule has 0 radical (unpaired) electrons. The molecular weight excluding hydrogens is 301 g/mol. The summed E-state index contributed by atoms with van der Waals surface area (Å²) in [4.78, 5) is 2.35. The standard InChI is InChI=1S/C6H12NO3.C4H9.Sn/c8-4-1-7(2-5-9)3-6-10;1-4(2)3;/h1-6H2;4H,1H2,2-3H3;/q-3;;+3. The minimum absolute atomic E-state index is 0.607. The fourth-order valence-electron chi connectivity index (χ4n) is 2.13. The Morgan fingerprint density at radius 3 is 1.87 bits per heavy atom. The van der Waals surface area contributed by atoms with Crippen molar-refractivity contribution in [1.82, 2.24) is 4.90 Å². The van der Waals surface area contributed by atoms with Crippen LogP contribution >= 0.6 is 0 Å². The average Bonchev–Trinajstić information content (AvgIpc) is 2.05.